The van der Waals surface area contributed by atoms with Gasteiger partial charge in [0, 0.05) is 0 Å². The minimum atomic E-state index is -1.33. The highest BCUT2D eigenvalue weighted by molar-refractivity contribution is 5.33. The Balaban J connectivity index is 2.98. The van der Waals surface area contributed by atoms with Crippen LogP contribution in [0.5, 0.6) is 0 Å². The highest BCUT2D eigenvalue weighted by Gasteiger charge is 1.96. The molecule has 0 aliphatic heterocycles. The van der Waals surface area contributed by atoms with E-state index in [0.29, 0.717) is 5.56 Å². The summed E-state index contributed by atoms with van der Waals surface area (Å²) < 4.78 is 0. The third kappa shape index (κ3) is 1.23. The molecule has 56 valence electrons. The van der Waals surface area contributed by atoms with Crippen molar-refractivity contribution in [3.8, 4) is 0 Å². The molecule has 0 heterocycles. The van der Waals surface area contributed by atoms with Crippen LogP contribution in [0.25, 0.3) is 0 Å². The van der Waals surface area contributed by atoms with Gasteiger partial charge in [-0.1, -0.05) is 13.8 Å². The molecule has 0 saturated heterocycles. The predicted octanol–water partition coefficient (Wildman–Crippen LogP) is 1.01. The monoisotopic (exact) mass is 139 g/mol. The highest BCUT2D eigenvalue weighted by atomic mass is 16.5. The molecule has 0 aliphatic rings. The smallest absolute Gasteiger partial charge is 0.155 e. The number of hydrogen-bond acceptors (Lipinski definition) is 2. The standard InChI is InChI=1S/C8H11O2/c1-5-3-7(8(9)10)4-6(5)2/h3-4,8-10H,1-2H3/q-1. The van der Waals surface area contributed by atoms with E-state index < -0.39 is 6.29 Å². The molecule has 0 aliphatic carbocycles. The summed E-state index contributed by atoms with van der Waals surface area (Å²) in [5.41, 5.74) is 2.78. The zero-order chi connectivity index (χ0) is 7.72. The molecule has 2 N–H and O–H groups in total. The Bertz CT molecular complexity index is 204. The molecule has 0 aromatic heterocycles. The van der Waals surface area contributed by atoms with Crippen molar-refractivity contribution < 1.29 is 10.2 Å². The zero-order valence-corrected chi connectivity index (χ0v) is 6.13. The van der Waals surface area contributed by atoms with E-state index in [0.717, 1.165) is 11.1 Å². The third-order valence-corrected chi connectivity index (χ3v) is 1.69. The zero-order valence-electron chi connectivity index (χ0n) is 6.13. The van der Waals surface area contributed by atoms with Gasteiger partial charge in [-0.05, 0) is 0 Å². The maximum atomic E-state index is 8.72. The Hall–Kier alpha value is -0.730. The van der Waals surface area contributed by atoms with Crippen molar-refractivity contribution in [1.82, 2.24) is 0 Å². The van der Waals surface area contributed by atoms with E-state index in [1.807, 2.05) is 13.8 Å². The van der Waals surface area contributed by atoms with Crippen LogP contribution in [0, 0.1) is 13.8 Å². The number of aryl methyl sites for hydroxylation is 2. The fourth-order valence-corrected chi connectivity index (χ4v) is 0.918. The molecule has 0 spiro atoms. The Morgan fingerprint density at radius 1 is 1.40 bits per heavy atom. The van der Waals surface area contributed by atoms with E-state index in [2.05, 4.69) is 0 Å². The van der Waals surface area contributed by atoms with Gasteiger partial charge in [-0.3, -0.25) is 0 Å². The third-order valence-electron chi connectivity index (χ3n) is 1.69. The van der Waals surface area contributed by atoms with Gasteiger partial charge in [0.15, 0.2) is 6.29 Å². The number of rotatable bonds is 1. The molecule has 1 aromatic carbocycles. The molecule has 0 saturated carbocycles. The lowest BCUT2D eigenvalue weighted by Crippen LogP contribution is -1.90. The van der Waals surface area contributed by atoms with Crippen molar-refractivity contribution >= 4 is 0 Å². The molecule has 2 nitrogen and oxygen atoms in total. The average molecular weight is 139 g/mol. The Labute approximate surface area is 60.1 Å². The average Bonchev–Trinajstić information content (AvgIpc) is 2.13. The first-order valence-electron chi connectivity index (χ1n) is 3.21. The van der Waals surface area contributed by atoms with Crippen molar-refractivity contribution in [2.45, 2.75) is 20.1 Å². The van der Waals surface area contributed by atoms with Crippen LogP contribution in [0.3, 0.4) is 0 Å². The van der Waals surface area contributed by atoms with Crippen molar-refractivity contribution in [3.05, 3.63) is 28.8 Å². The molecule has 1 aromatic rings. The largest absolute Gasteiger partial charge is 0.366 e. The lowest BCUT2D eigenvalue weighted by molar-refractivity contribution is -0.0423. The van der Waals surface area contributed by atoms with Crippen molar-refractivity contribution in [2.75, 3.05) is 0 Å². The molecule has 0 radical (unpaired) electrons. The van der Waals surface area contributed by atoms with Crippen molar-refractivity contribution in [1.29, 1.82) is 0 Å². The molecule has 0 atom stereocenters. The minimum absolute atomic E-state index is 0.579. The molecule has 10 heavy (non-hydrogen) atoms. The summed E-state index contributed by atoms with van der Waals surface area (Å²) in [6.45, 7) is 3.89. The quantitative estimate of drug-likeness (QED) is 0.450. The number of aliphatic hydroxyl groups is 2. The van der Waals surface area contributed by atoms with Crippen molar-refractivity contribution in [2.24, 2.45) is 0 Å². The van der Waals surface area contributed by atoms with Gasteiger partial charge in [0.2, 0.25) is 0 Å². The van der Waals surface area contributed by atoms with E-state index in [9.17, 15) is 0 Å². The summed E-state index contributed by atoms with van der Waals surface area (Å²) in [5.74, 6) is 0. The molecule has 0 unspecified atom stereocenters. The van der Waals surface area contributed by atoms with Crippen LogP contribution in [0.4, 0.5) is 0 Å². The first-order chi connectivity index (χ1) is 4.61. The van der Waals surface area contributed by atoms with Gasteiger partial charge in [0.1, 0.15) is 0 Å². The molecule has 0 bridgehead atoms. The van der Waals surface area contributed by atoms with Crippen LogP contribution in [0.2, 0.25) is 0 Å². The summed E-state index contributed by atoms with van der Waals surface area (Å²) >= 11 is 0. The Morgan fingerprint density at radius 3 is 2.20 bits per heavy atom. The second-order valence-electron chi connectivity index (χ2n) is 2.53. The fraction of sp³-hybridized carbons (Fsp3) is 0.375. The van der Waals surface area contributed by atoms with Gasteiger partial charge >= 0.3 is 0 Å². The highest BCUT2D eigenvalue weighted by Crippen LogP contribution is 2.17. The van der Waals surface area contributed by atoms with Crippen LogP contribution in [-0.4, -0.2) is 10.2 Å². The lowest BCUT2D eigenvalue weighted by Gasteiger charge is -2.02. The topological polar surface area (TPSA) is 40.5 Å². The molecule has 1 rings (SSSR count). The van der Waals surface area contributed by atoms with E-state index >= 15 is 0 Å². The first kappa shape index (κ1) is 7.38. The van der Waals surface area contributed by atoms with Crippen LogP contribution >= 0.6 is 0 Å². The lowest BCUT2D eigenvalue weighted by atomic mass is 10.2. The first-order valence-corrected chi connectivity index (χ1v) is 3.21. The molecular weight excluding hydrogens is 128 g/mol. The molecule has 0 fully saturated rings. The van der Waals surface area contributed by atoms with E-state index in [1.165, 1.54) is 0 Å². The van der Waals surface area contributed by atoms with E-state index in [1.54, 1.807) is 12.1 Å². The SMILES string of the molecule is Cc1cc(C(O)O)[cH-]c1C. The maximum Gasteiger partial charge on any atom is 0.155 e. The van der Waals surface area contributed by atoms with Gasteiger partial charge < -0.3 is 10.2 Å². The van der Waals surface area contributed by atoms with Gasteiger partial charge in [-0.25, -0.2) is 6.07 Å². The van der Waals surface area contributed by atoms with Crippen LogP contribution in [0.1, 0.15) is 23.0 Å². The summed E-state index contributed by atoms with van der Waals surface area (Å²) in [6.07, 6.45) is -1.33. The van der Waals surface area contributed by atoms with Crippen molar-refractivity contribution in [3.63, 3.8) is 0 Å². The van der Waals surface area contributed by atoms with E-state index in [-0.39, 0.29) is 0 Å². The summed E-state index contributed by atoms with van der Waals surface area (Å²) in [6, 6.07) is 3.56. The fourth-order valence-electron chi connectivity index (χ4n) is 0.918. The van der Waals surface area contributed by atoms with Gasteiger partial charge in [0.05, 0.1) is 0 Å². The second kappa shape index (κ2) is 2.48. The van der Waals surface area contributed by atoms with Crippen LogP contribution in [-0.2, 0) is 0 Å². The van der Waals surface area contributed by atoms with Gasteiger partial charge in [-0.2, -0.15) is 17.2 Å². The number of hydrogen-bond donors (Lipinski definition) is 2. The molecule has 2 heteroatoms. The summed E-state index contributed by atoms with van der Waals surface area (Å²) in [5, 5.41) is 17.4. The molecule has 0 amide bonds. The predicted molar refractivity (Wildman–Crippen MR) is 38.7 cm³/mol. The molecular formula is C8H11O2-. The number of aliphatic hydroxyl groups excluding tert-OH is 1. The summed E-state index contributed by atoms with van der Waals surface area (Å²) in [4.78, 5) is 0. The Kier molecular flexibility index (Phi) is 1.83. The van der Waals surface area contributed by atoms with E-state index in [4.69, 9.17) is 10.2 Å². The summed E-state index contributed by atoms with van der Waals surface area (Å²) in [7, 11) is 0. The Morgan fingerprint density at radius 2 is 2.00 bits per heavy atom. The second-order valence-corrected chi connectivity index (χ2v) is 2.53. The van der Waals surface area contributed by atoms with Gasteiger partial charge in [-0.15, -0.1) is 5.56 Å². The normalized spacial score (nSPS) is 10.9. The van der Waals surface area contributed by atoms with Crippen LogP contribution in [0.15, 0.2) is 12.1 Å². The maximum absolute atomic E-state index is 8.72. The minimum Gasteiger partial charge on any atom is -0.366 e. The van der Waals surface area contributed by atoms with Crippen LogP contribution < -0.4 is 0 Å². The van der Waals surface area contributed by atoms with Gasteiger partial charge in [0.25, 0.3) is 0 Å².